The number of carbonyl (C=O) groups is 2. The Hall–Kier alpha value is -3.65. The maximum Gasteiger partial charge on any atom is 0.252 e. The number of ether oxygens (including phenoxy) is 1. The van der Waals surface area contributed by atoms with Crippen LogP contribution in [0.2, 0.25) is 5.02 Å². The Bertz CT molecular complexity index is 1210. The zero-order chi connectivity index (χ0) is 23.5. The summed E-state index contributed by atoms with van der Waals surface area (Å²) in [4.78, 5) is 25.8. The molecular weight excluding hydrogens is 447 g/mol. The Labute approximate surface area is 195 Å². The first-order valence-corrected chi connectivity index (χ1v) is 10.8. The van der Waals surface area contributed by atoms with Crippen LogP contribution in [-0.2, 0) is 4.79 Å². The first kappa shape index (κ1) is 22.5. The van der Waals surface area contributed by atoms with Gasteiger partial charge in [0.2, 0.25) is 5.91 Å². The number of aromatic nitrogens is 2. The van der Waals surface area contributed by atoms with Gasteiger partial charge in [0.05, 0.1) is 16.6 Å². The molecule has 0 saturated carbocycles. The number of carbonyl (C=O) groups excluding carboxylic acids is 2. The third-order valence-corrected chi connectivity index (χ3v) is 5.82. The van der Waals surface area contributed by atoms with E-state index < -0.39 is 11.7 Å². The number of likely N-dealkylation sites (tertiary alicyclic amines) is 1. The Morgan fingerprint density at radius 3 is 2.61 bits per heavy atom. The number of nitrogens with zero attached hydrogens (tertiary/aromatic N) is 3. The number of primary amides is 1. The van der Waals surface area contributed by atoms with Crippen molar-refractivity contribution in [3.05, 3.63) is 77.7 Å². The molecule has 0 radical (unpaired) electrons. The molecule has 2 N–H and O–H groups in total. The standard InChI is InChI=1S/C24H22ClFN4O3/c1-2-22(31)29-11-3-4-16(13-29)30-14-19(24(27)32)23(28-30)15-5-7-17(8-6-15)33-18-9-10-20(25)21(26)12-18/h2,5-10,12,14,16H,1,3-4,11,13H2,(H2,27,32)/t16-/m1/s1. The van der Waals surface area contributed by atoms with Gasteiger partial charge in [-0.2, -0.15) is 5.10 Å². The number of benzene rings is 2. The summed E-state index contributed by atoms with van der Waals surface area (Å²) in [5.74, 6) is -0.506. The number of rotatable bonds is 6. The fourth-order valence-corrected chi connectivity index (χ4v) is 3.95. The average Bonchev–Trinajstić information content (AvgIpc) is 3.27. The summed E-state index contributed by atoms with van der Waals surface area (Å²) >= 11 is 5.70. The average molecular weight is 469 g/mol. The molecule has 170 valence electrons. The summed E-state index contributed by atoms with van der Waals surface area (Å²) in [5.41, 5.74) is 7.01. The van der Waals surface area contributed by atoms with E-state index in [-0.39, 0.29) is 22.5 Å². The second kappa shape index (κ2) is 9.46. The van der Waals surface area contributed by atoms with E-state index in [0.29, 0.717) is 35.8 Å². The molecule has 1 saturated heterocycles. The van der Waals surface area contributed by atoms with Gasteiger partial charge in [0.1, 0.15) is 23.0 Å². The second-order valence-electron chi connectivity index (χ2n) is 7.72. The van der Waals surface area contributed by atoms with E-state index in [4.69, 9.17) is 22.1 Å². The number of piperidine rings is 1. The zero-order valence-corrected chi connectivity index (χ0v) is 18.5. The van der Waals surface area contributed by atoms with Gasteiger partial charge in [0, 0.05) is 30.9 Å². The molecule has 1 aliphatic rings. The van der Waals surface area contributed by atoms with Crippen molar-refractivity contribution in [2.75, 3.05) is 13.1 Å². The molecule has 0 aliphatic carbocycles. The Morgan fingerprint density at radius 2 is 1.94 bits per heavy atom. The predicted molar refractivity (Wildman–Crippen MR) is 123 cm³/mol. The summed E-state index contributed by atoms with van der Waals surface area (Å²) in [5, 5.41) is 4.64. The van der Waals surface area contributed by atoms with Crippen molar-refractivity contribution >= 4 is 23.4 Å². The van der Waals surface area contributed by atoms with Gasteiger partial charge in [0.15, 0.2) is 0 Å². The Kier molecular flexibility index (Phi) is 6.46. The first-order valence-electron chi connectivity index (χ1n) is 10.4. The minimum Gasteiger partial charge on any atom is -0.457 e. The molecule has 2 heterocycles. The highest BCUT2D eigenvalue weighted by atomic mass is 35.5. The lowest BCUT2D eigenvalue weighted by Gasteiger charge is -2.32. The topological polar surface area (TPSA) is 90.5 Å². The van der Waals surface area contributed by atoms with Crippen LogP contribution in [-0.4, -0.2) is 39.6 Å². The van der Waals surface area contributed by atoms with Crippen LogP contribution in [0.5, 0.6) is 11.5 Å². The van der Waals surface area contributed by atoms with E-state index in [1.807, 2.05) is 0 Å². The number of hydrogen-bond acceptors (Lipinski definition) is 4. The van der Waals surface area contributed by atoms with Crippen LogP contribution in [0.15, 0.2) is 61.3 Å². The van der Waals surface area contributed by atoms with Crippen molar-refractivity contribution in [2.24, 2.45) is 5.73 Å². The van der Waals surface area contributed by atoms with Gasteiger partial charge in [0.25, 0.3) is 5.91 Å². The third kappa shape index (κ3) is 4.90. The fourth-order valence-electron chi connectivity index (χ4n) is 3.83. The van der Waals surface area contributed by atoms with E-state index >= 15 is 0 Å². The van der Waals surface area contributed by atoms with Crippen molar-refractivity contribution in [2.45, 2.75) is 18.9 Å². The minimum absolute atomic E-state index is 0.0159. The summed E-state index contributed by atoms with van der Waals surface area (Å²) in [7, 11) is 0. The second-order valence-corrected chi connectivity index (χ2v) is 8.13. The van der Waals surface area contributed by atoms with E-state index in [0.717, 1.165) is 12.8 Å². The van der Waals surface area contributed by atoms with Crippen LogP contribution in [0.4, 0.5) is 4.39 Å². The van der Waals surface area contributed by atoms with Crippen LogP contribution in [0.3, 0.4) is 0 Å². The molecule has 33 heavy (non-hydrogen) atoms. The summed E-state index contributed by atoms with van der Waals surface area (Å²) < 4.78 is 21.0. The van der Waals surface area contributed by atoms with Crippen molar-refractivity contribution in [3.63, 3.8) is 0 Å². The predicted octanol–water partition coefficient (Wildman–Crippen LogP) is 4.58. The molecule has 1 fully saturated rings. The Morgan fingerprint density at radius 1 is 1.21 bits per heavy atom. The molecule has 2 amide bonds. The molecule has 0 bridgehead atoms. The van der Waals surface area contributed by atoms with E-state index in [2.05, 4.69) is 11.7 Å². The fraction of sp³-hybridized carbons (Fsp3) is 0.208. The maximum atomic E-state index is 13.6. The highest BCUT2D eigenvalue weighted by Gasteiger charge is 2.26. The molecule has 1 aliphatic heterocycles. The molecule has 1 aromatic heterocycles. The van der Waals surface area contributed by atoms with Gasteiger partial charge in [-0.1, -0.05) is 18.2 Å². The molecule has 0 spiro atoms. The number of amides is 2. The van der Waals surface area contributed by atoms with Crippen molar-refractivity contribution < 1.29 is 18.7 Å². The van der Waals surface area contributed by atoms with Crippen LogP contribution < -0.4 is 10.5 Å². The van der Waals surface area contributed by atoms with Gasteiger partial charge < -0.3 is 15.4 Å². The monoisotopic (exact) mass is 468 g/mol. The zero-order valence-electron chi connectivity index (χ0n) is 17.7. The molecule has 7 nitrogen and oxygen atoms in total. The van der Waals surface area contributed by atoms with Gasteiger partial charge in [-0.3, -0.25) is 14.3 Å². The van der Waals surface area contributed by atoms with Crippen molar-refractivity contribution in [1.29, 1.82) is 0 Å². The molecule has 9 heteroatoms. The van der Waals surface area contributed by atoms with Crippen molar-refractivity contribution in [1.82, 2.24) is 14.7 Å². The van der Waals surface area contributed by atoms with Gasteiger partial charge in [-0.25, -0.2) is 4.39 Å². The first-order chi connectivity index (χ1) is 15.9. The number of halogens is 2. The molecule has 0 unspecified atom stereocenters. The number of nitrogens with two attached hydrogens (primary N) is 1. The minimum atomic E-state index is -0.594. The largest absolute Gasteiger partial charge is 0.457 e. The SMILES string of the molecule is C=CC(=O)N1CCC[C@@H](n2cc(C(N)=O)c(-c3ccc(Oc4ccc(Cl)c(F)c4)cc3)n2)C1. The smallest absolute Gasteiger partial charge is 0.252 e. The molecule has 1 atom stereocenters. The maximum absolute atomic E-state index is 13.6. The van der Waals surface area contributed by atoms with Gasteiger partial charge >= 0.3 is 0 Å². The molecular formula is C24H22ClFN4O3. The lowest BCUT2D eigenvalue weighted by molar-refractivity contribution is -0.127. The lowest BCUT2D eigenvalue weighted by Crippen LogP contribution is -2.40. The normalized spacial score (nSPS) is 15.8. The van der Waals surface area contributed by atoms with E-state index in [9.17, 15) is 14.0 Å². The van der Waals surface area contributed by atoms with Gasteiger partial charge in [-0.05, 0) is 55.3 Å². The molecule has 3 aromatic rings. The van der Waals surface area contributed by atoms with Crippen molar-refractivity contribution in [3.8, 4) is 22.8 Å². The van der Waals surface area contributed by atoms with Crippen LogP contribution in [0, 0.1) is 5.82 Å². The number of hydrogen-bond donors (Lipinski definition) is 1. The summed E-state index contributed by atoms with van der Waals surface area (Å²) in [6.45, 7) is 4.69. The van der Waals surface area contributed by atoms with Gasteiger partial charge in [-0.15, -0.1) is 0 Å². The summed E-state index contributed by atoms with van der Waals surface area (Å²) in [6.07, 6.45) is 4.58. The van der Waals surface area contributed by atoms with Crippen LogP contribution in [0.1, 0.15) is 29.2 Å². The van der Waals surface area contributed by atoms with E-state index in [1.165, 1.54) is 18.2 Å². The molecule has 4 rings (SSSR count). The lowest BCUT2D eigenvalue weighted by atomic mass is 10.1. The third-order valence-electron chi connectivity index (χ3n) is 5.51. The van der Waals surface area contributed by atoms with Crippen LogP contribution >= 0.6 is 11.6 Å². The van der Waals surface area contributed by atoms with E-state index in [1.54, 1.807) is 46.1 Å². The Balaban J connectivity index is 1.57. The van der Waals surface area contributed by atoms with Crippen LogP contribution in [0.25, 0.3) is 11.3 Å². The highest BCUT2D eigenvalue weighted by Crippen LogP contribution is 2.30. The highest BCUT2D eigenvalue weighted by molar-refractivity contribution is 6.30. The molecule has 2 aromatic carbocycles. The quantitative estimate of drug-likeness (QED) is 0.536. The summed E-state index contributed by atoms with van der Waals surface area (Å²) in [6, 6.07) is 11.0.